The third-order valence-corrected chi connectivity index (χ3v) is 13.4. The zero-order valence-electron chi connectivity index (χ0n) is 46.6. The van der Waals surface area contributed by atoms with Gasteiger partial charge in [-0.1, -0.05) is 94.7 Å². The van der Waals surface area contributed by atoms with Gasteiger partial charge in [0.05, 0.1) is 29.3 Å². The van der Waals surface area contributed by atoms with E-state index in [2.05, 4.69) is 73.6 Å². The average Bonchev–Trinajstić information content (AvgIpc) is 4.20. The Kier molecular flexibility index (Phi) is 22.4. The number of benzene rings is 4. The molecule has 4 aromatic carbocycles. The van der Waals surface area contributed by atoms with E-state index in [-0.39, 0.29) is 40.5 Å². The van der Waals surface area contributed by atoms with E-state index in [0.29, 0.717) is 37.6 Å². The fourth-order valence-corrected chi connectivity index (χ4v) is 9.29. The maximum absolute atomic E-state index is 11.5. The zero-order valence-corrected chi connectivity index (χ0v) is 46.6. The maximum atomic E-state index is 11.5. The summed E-state index contributed by atoms with van der Waals surface area (Å²) in [6, 6.07) is 26.0. The number of aromatic nitrogens is 4. The summed E-state index contributed by atoms with van der Waals surface area (Å²) in [6.07, 6.45) is 12.5. The molecule has 0 amide bonds. The summed E-state index contributed by atoms with van der Waals surface area (Å²) in [6.45, 7) is 18.7. The van der Waals surface area contributed by atoms with E-state index in [0.717, 1.165) is 66.8 Å². The predicted molar refractivity (Wildman–Crippen MR) is 317 cm³/mol. The standard InChI is InChI=1S/C19H27BN2O3.C13H16N2O.C12H15BN2O3.C11H15BN2O.C3H8/c1-12(23)16(21)8-13-10-22-17-7-6-14(9-15(13)17)20-24-18(2,3)11-19(4,5)25-20;1-2-13(16)11(14)7-9-8-15-12-6-4-3-5-10(9)12;1-7(16)11(14)4-8-6-15-12-3-2-9(13(17)18)5-10(8)12;1-12(15)11(13)6-8-7-14-10-5-3-2-4-9(8)10;1-3-2/h6-7,9-10,16,22H,8,11,21H2,1-5H3;3-6,8,11,15H,2,7,14H2,1H3;2-3,5-6,11,15,17-18H,4,14H2,1H3;2-5,7,11,14-15H,6,13H2,1H3;3H2,1-2H3/t16-;3*11-;/m0000./s1. The SMILES string of the molecule is CB(O)[C@@H](N)Cc1c[nH]c2ccccc12.CC(=O)[C@@H](N)Cc1c[nH]c2ccc(B(O)O)cc12.CC(=O)[C@@H](N)Cc1c[nH]c2ccc(B3OC(C)(C)CC(C)(C)O3)cc12.CCC.CCC(=O)[C@@H](N)Cc1c[nH]c2ccccc12. The van der Waals surface area contributed by atoms with Crippen LogP contribution in [-0.2, 0) is 49.4 Å². The van der Waals surface area contributed by atoms with Crippen LogP contribution in [0, 0.1) is 0 Å². The van der Waals surface area contributed by atoms with Crippen molar-refractivity contribution in [2.45, 2.75) is 149 Å². The summed E-state index contributed by atoms with van der Waals surface area (Å²) in [5, 5.41) is 31.9. The minimum Gasteiger partial charge on any atom is -0.449 e. The molecule has 0 radical (unpaired) electrons. The molecule has 4 atom stereocenters. The number of H-pyrrole nitrogens is 4. The molecule has 1 aliphatic heterocycles. The van der Waals surface area contributed by atoms with Gasteiger partial charge in [-0.15, -0.1) is 0 Å². The molecule has 410 valence electrons. The number of aromatic amines is 4. The third-order valence-electron chi connectivity index (χ3n) is 13.4. The van der Waals surface area contributed by atoms with Gasteiger partial charge in [-0.05, 0) is 125 Å². The summed E-state index contributed by atoms with van der Waals surface area (Å²) < 4.78 is 12.3. The highest BCUT2D eigenvalue weighted by atomic mass is 16.6. The highest BCUT2D eigenvalue weighted by molar-refractivity contribution is 6.62. The van der Waals surface area contributed by atoms with Crippen LogP contribution in [-0.4, -0.2) is 109 Å². The Bertz CT molecular complexity index is 3160. The molecule has 0 saturated carbocycles. The Morgan fingerprint density at radius 2 is 0.974 bits per heavy atom. The zero-order chi connectivity index (χ0) is 56.8. The smallest absolute Gasteiger partial charge is 0.449 e. The molecule has 0 aliphatic carbocycles. The molecule has 15 N–H and O–H groups in total. The topological polar surface area (TPSA) is 298 Å². The molecule has 4 aromatic heterocycles. The molecule has 77 heavy (non-hydrogen) atoms. The van der Waals surface area contributed by atoms with Crippen LogP contribution >= 0.6 is 0 Å². The normalized spacial score (nSPS) is 15.1. The Morgan fingerprint density at radius 1 is 0.584 bits per heavy atom. The van der Waals surface area contributed by atoms with E-state index < -0.39 is 33.2 Å². The Morgan fingerprint density at radius 3 is 1.40 bits per heavy atom. The molecular formula is C58H81B3N8O8. The first-order valence-electron chi connectivity index (χ1n) is 26.6. The Labute approximate surface area is 454 Å². The van der Waals surface area contributed by atoms with E-state index in [9.17, 15) is 19.4 Å². The number of rotatable bonds is 15. The molecule has 0 bridgehead atoms. The summed E-state index contributed by atoms with van der Waals surface area (Å²) in [4.78, 5) is 46.8. The first-order chi connectivity index (χ1) is 36.4. The van der Waals surface area contributed by atoms with E-state index in [1.54, 1.807) is 31.2 Å². The monoisotopic (exact) mass is 1050 g/mol. The average molecular weight is 1050 g/mol. The van der Waals surface area contributed by atoms with E-state index in [1.807, 2.05) is 80.1 Å². The number of nitrogens with two attached hydrogens (primary N) is 4. The minimum atomic E-state index is -1.50. The quantitative estimate of drug-likeness (QED) is 0.0509. The van der Waals surface area contributed by atoms with Crippen LogP contribution in [0.25, 0.3) is 43.6 Å². The van der Waals surface area contributed by atoms with Crippen molar-refractivity contribution in [3.05, 3.63) is 132 Å². The molecule has 1 saturated heterocycles. The first-order valence-corrected chi connectivity index (χ1v) is 26.6. The van der Waals surface area contributed by atoms with Gasteiger partial charge in [0, 0.05) is 87.2 Å². The molecule has 19 heteroatoms. The van der Waals surface area contributed by atoms with Crippen molar-refractivity contribution >= 4 is 93.0 Å². The number of ketones is 3. The molecule has 0 unspecified atom stereocenters. The van der Waals surface area contributed by atoms with Crippen LogP contribution in [0.4, 0.5) is 0 Å². The van der Waals surface area contributed by atoms with Crippen LogP contribution in [0.1, 0.15) is 104 Å². The highest BCUT2D eigenvalue weighted by Gasteiger charge is 2.43. The van der Waals surface area contributed by atoms with Crippen molar-refractivity contribution in [2.24, 2.45) is 22.9 Å². The number of fused-ring (bicyclic) bond motifs is 4. The lowest BCUT2D eigenvalue weighted by atomic mass is 9.62. The molecular weight excluding hydrogens is 969 g/mol. The lowest BCUT2D eigenvalue weighted by Gasteiger charge is -2.44. The van der Waals surface area contributed by atoms with Crippen LogP contribution in [0.5, 0.6) is 0 Å². The first kappa shape index (κ1) is 61.7. The fourth-order valence-electron chi connectivity index (χ4n) is 9.29. The lowest BCUT2D eigenvalue weighted by molar-refractivity contribution is -0.120. The van der Waals surface area contributed by atoms with Gasteiger partial charge >= 0.3 is 21.2 Å². The number of hydrogen-bond donors (Lipinski definition) is 11. The van der Waals surface area contributed by atoms with Crippen LogP contribution in [0.15, 0.2) is 110 Å². The number of carbonyl (C=O) groups is 3. The van der Waals surface area contributed by atoms with Crippen LogP contribution in [0.2, 0.25) is 6.82 Å². The summed E-state index contributed by atoms with van der Waals surface area (Å²) in [5.41, 5.74) is 32.6. The summed E-state index contributed by atoms with van der Waals surface area (Å²) in [5.74, 6) is -0.162. The van der Waals surface area contributed by atoms with E-state index in [4.69, 9.17) is 42.3 Å². The Balaban J connectivity index is 0.000000190. The molecule has 1 fully saturated rings. The molecule has 0 spiro atoms. The van der Waals surface area contributed by atoms with Gasteiger partial charge in [0.1, 0.15) is 17.3 Å². The lowest BCUT2D eigenvalue weighted by Crippen LogP contribution is -2.56. The summed E-state index contributed by atoms with van der Waals surface area (Å²) in [7, 11) is -1.91. The van der Waals surface area contributed by atoms with Gasteiger partial charge in [-0.25, -0.2) is 0 Å². The van der Waals surface area contributed by atoms with Crippen LogP contribution < -0.4 is 33.9 Å². The van der Waals surface area contributed by atoms with Crippen LogP contribution in [0.3, 0.4) is 0 Å². The maximum Gasteiger partial charge on any atom is 0.494 e. The van der Waals surface area contributed by atoms with Gasteiger partial charge in [-0.3, -0.25) is 14.4 Å². The number of hydrogen-bond acceptors (Lipinski definition) is 12. The predicted octanol–water partition coefficient (Wildman–Crippen LogP) is 6.25. The van der Waals surface area contributed by atoms with E-state index >= 15 is 0 Å². The number of para-hydroxylation sites is 2. The summed E-state index contributed by atoms with van der Waals surface area (Å²) >= 11 is 0. The van der Waals surface area contributed by atoms with Gasteiger partial charge in [0.15, 0.2) is 0 Å². The Hall–Kier alpha value is -6.12. The van der Waals surface area contributed by atoms with Crippen molar-refractivity contribution in [1.82, 2.24) is 19.9 Å². The minimum absolute atomic E-state index is 0.00653. The molecule has 9 rings (SSSR count). The van der Waals surface area contributed by atoms with Crippen molar-refractivity contribution in [3.8, 4) is 0 Å². The van der Waals surface area contributed by atoms with Crippen molar-refractivity contribution in [3.63, 3.8) is 0 Å². The second-order valence-electron chi connectivity index (χ2n) is 21.4. The van der Waals surface area contributed by atoms with Crippen molar-refractivity contribution < 1.29 is 38.8 Å². The largest absolute Gasteiger partial charge is 0.494 e. The third kappa shape index (κ3) is 17.4. The number of Topliss-reactive ketones (excluding diaryl/α,β-unsaturated/α-hetero) is 3. The highest BCUT2D eigenvalue weighted by Crippen LogP contribution is 2.33. The molecule has 8 aromatic rings. The van der Waals surface area contributed by atoms with Crippen molar-refractivity contribution in [1.29, 1.82) is 0 Å². The van der Waals surface area contributed by atoms with Crippen molar-refractivity contribution in [2.75, 3.05) is 0 Å². The molecule has 16 nitrogen and oxygen atoms in total. The van der Waals surface area contributed by atoms with Gasteiger partial charge in [-0.2, -0.15) is 0 Å². The van der Waals surface area contributed by atoms with E-state index in [1.165, 1.54) is 31.2 Å². The van der Waals surface area contributed by atoms with Gasteiger partial charge < -0.3 is 67.3 Å². The van der Waals surface area contributed by atoms with Gasteiger partial charge in [0.25, 0.3) is 0 Å². The second-order valence-corrected chi connectivity index (χ2v) is 21.4. The van der Waals surface area contributed by atoms with Gasteiger partial charge in [0.2, 0.25) is 0 Å². The molecule has 5 heterocycles. The number of nitrogens with one attached hydrogen (secondary N) is 4. The second kappa shape index (κ2) is 28.0. The molecule has 1 aliphatic rings. The fraction of sp³-hybridized carbons (Fsp3) is 0.397. The number of carbonyl (C=O) groups excluding carboxylic acids is 3.